The minimum atomic E-state index is -0.317. The Morgan fingerprint density at radius 1 is 1.50 bits per heavy atom. The molecule has 2 aliphatic heterocycles. The molecule has 0 saturated carbocycles. The Hall–Kier alpha value is -2.57. The Morgan fingerprint density at radius 3 is 3.09 bits per heavy atom. The molecule has 7 heteroatoms. The average Bonchev–Trinajstić information content (AvgIpc) is 2.83. The monoisotopic (exact) mass is 302 g/mol. The first kappa shape index (κ1) is 14.4. The first-order chi connectivity index (χ1) is 10.5. The quantitative estimate of drug-likeness (QED) is 0.828. The zero-order valence-corrected chi connectivity index (χ0v) is 12.3. The van der Waals surface area contributed by atoms with Gasteiger partial charge in [-0.2, -0.15) is 0 Å². The molecule has 22 heavy (non-hydrogen) atoms. The van der Waals surface area contributed by atoms with Crippen LogP contribution >= 0.6 is 0 Å². The van der Waals surface area contributed by atoms with Gasteiger partial charge in [-0.3, -0.25) is 14.9 Å². The molecule has 1 aromatic carbocycles. The topological polar surface area (TPSA) is 97.0 Å². The van der Waals surface area contributed by atoms with E-state index in [2.05, 4.69) is 10.3 Å². The number of primary amides is 1. The summed E-state index contributed by atoms with van der Waals surface area (Å²) in [6.07, 6.45) is 0.583. The van der Waals surface area contributed by atoms with E-state index in [4.69, 9.17) is 10.5 Å². The third kappa shape index (κ3) is 2.88. The summed E-state index contributed by atoms with van der Waals surface area (Å²) in [5, 5.41) is 2.73. The van der Waals surface area contributed by atoms with Crippen LogP contribution < -0.4 is 15.8 Å². The molecule has 1 atom stereocenters. The number of carbonyl (C=O) groups excluding carboxylic acids is 2. The largest absolute Gasteiger partial charge is 0.494 e. The second-order valence-electron chi connectivity index (χ2n) is 5.57. The molecular weight excluding hydrogens is 284 g/mol. The molecule has 1 fully saturated rings. The molecule has 116 valence electrons. The van der Waals surface area contributed by atoms with Crippen LogP contribution in [0.5, 0.6) is 5.75 Å². The van der Waals surface area contributed by atoms with Crippen molar-refractivity contribution in [2.45, 2.75) is 19.9 Å². The highest BCUT2D eigenvalue weighted by molar-refractivity contribution is 6.05. The lowest BCUT2D eigenvalue weighted by Gasteiger charge is -2.23. The fourth-order valence-corrected chi connectivity index (χ4v) is 2.42. The third-order valence-corrected chi connectivity index (χ3v) is 3.83. The fraction of sp³-hybridized carbons (Fsp3) is 0.400. The van der Waals surface area contributed by atoms with Crippen molar-refractivity contribution in [3.63, 3.8) is 0 Å². The number of carbonyl (C=O) groups is 2. The number of benzene rings is 1. The summed E-state index contributed by atoms with van der Waals surface area (Å²) in [7, 11) is 0. The lowest BCUT2D eigenvalue weighted by Crippen LogP contribution is -2.32. The summed E-state index contributed by atoms with van der Waals surface area (Å²) in [6.45, 7) is 3.18. The van der Waals surface area contributed by atoms with Crippen LogP contribution in [0.15, 0.2) is 23.2 Å². The molecule has 1 unspecified atom stereocenters. The molecule has 1 saturated heterocycles. The van der Waals surface area contributed by atoms with Crippen LogP contribution in [0.2, 0.25) is 0 Å². The minimum absolute atomic E-state index is 0.0385. The van der Waals surface area contributed by atoms with E-state index in [1.54, 1.807) is 6.92 Å². The lowest BCUT2D eigenvalue weighted by molar-refractivity contribution is -0.121. The Kier molecular flexibility index (Phi) is 3.70. The molecule has 2 heterocycles. The minimum Gasteiger partial charge on any atom is -0.494 e. The van der Waals surface area contributed by atoms with Gasteiger partial charge in [0.2, 0.25) is 17.8 Å². The van der Waals surface area contributed by atoms with Gasteiger partial charge < -0.3 is 15.4 Å². The SMILES string of the molecule is CC(CCOc1ccc2c(c1)CN1CC(=O)NC1=N2)C(N)=O. The van der Waals surface area contributed by atoms with E-state index >= 15 is 0 Å². The van der Waals surface area contributed by atoms with Gasteiger partial charge in [-0.05, 0) is 24.6 Å². The number of rotatable bonds is 5. The van der Waals surface area contributed by atoms with Crippen molar-refractivity contribution in [3.8, 4) is 5.75 Å². The summed E-state index contributed by atoms with van der Waals surface area (Å²) in [5.41, 5.74) is 7.07. The predicted molar refractivity (Wildman–Crippen MR) is 80.6 cm³/mol. The van der Waals surface area contributed by atoms with Gasteiger partial charge >= 0.3 is 0 Å². The van der Waals surface area contributed by atoms with Gasteiger partial charge in [-0.15, -0.1) is 0 Å². The fourth-order valence-electron chi connectivity index (χ4n) is 2.42. The number of nitrogens with two attached hydrogens (primary N) is 1. The van der Waals surface area contributed by atoms with Crippen molar-refractivity contribution in [2.24, 2.45) is 16.6 Å². The first-order valence-electron chi connectivity index (χ1n) is 7.21. The van der Waals surface area contributed by atoms with Crippen molar-refractivity contribution in [3.05, 3.63) is 23.8 Å². The van der Waals surface area contributed by atoms with Crippen LogP contribution in [0.4, 0.5) is 5.69 Å². The Balaban J connectivity index is 1.65. The maximum absolute atomic E-state index is 11.4. The van der Waals surface area contributed by atoms with Crippen LogP contribution in [0.1, 0.15) is 18.9 Å². The predicted octanol–water partition coefficient (Wildman–Crippen LogP) is 0.510. The molecule has 0 aromatic heterocycles. The van der Waals surface area contributed by atoms with E-state index in [1.165, 1.54) is 0 Å². The number of nitrogens with zero attached hydrogens (tertiary/aromatic N) is 2. The van der Waals surface area contributed by atoms with E-state index in [1.807, 2.05) is 23.1 Å². The number of aliphatic imine (C=N–C) groups is 1. The molecule has 7 nitrogen and oxygen atoms in total. The van der Waals surface area contributed by atoms with E-state index in [9.17, 15) is 9.59 Å². The lowest BCUT2D eigenvalue weighted by atomic mass is 10.1. The van der Waals surface area contributed by atoms with Gasteiger partial charge in [0.1, 0.15) is 12.3 Å². The van der Waals surface area contributed by atoms with Gasteiger partial charge in [0.25, 0.3) is 0 Å². The summed E-state index contributed by atoms with van der Waals surface area (Å²) in [6, 6.07) is 5.63. The van der Waals surface area contributed by atoms with E-state index in [-0.39, 0.29) is 17.7 Å². The molecule has 0 bridgehead atoms. The summed E-state index contributed by atoms with van der Waals surface area (Å²) in [4.78, 5) is 28.7. The highest BCUT2D eigenvalue weighted by Gasteiger charge is 2.29. The normalized spacial score (nSPS) is 17.2. The standard InChI is InChI=1S/C15H18N4O3/c1-9(14(16)21)4-5-22-11-2-3-12-10(6-11)7-19-8-13(20)18-15(19)17-12/h2-3,6,9H,4-5,7-8H2,1H3,(H2,16,21)(H,17,18,20). The van der Waals surface area contributed by atoms with Gasteiger partial charge in [0, 0.05) is 18.0 Å². The second-order valence-corrected chi connectivity index (χ2v) is 5.57. The molecule has 3 N–H and O–H groups in total. The Morgan fingerprint density at radius 2 is 2.32 bits per heavy atom. The smallest absolute Gasteiger partial charge is 0.246 e. The summed E-state index contributed by atoms with van der Waals surface area (Å²) >= 11 is 0. The number of ether oxygens (including phenoxy) is 1. The highest BCUT2D eigenvalue weighted by atomic mass is 16.5. The maximum Gasteiger partial charge on any atom is 0.246 e. The first-order valence-corrected chi connectivity index (χ1v) is 7.21. The van der Waals surface area contributed by atoms with Crippen molar-refractivity contribution in [2.75, 3.05) is 13.2 Å². The molecule has 0 spiro atoms. The molecule has 3 rings (SSSR count). The van der Waals surface area contributed by atoms with Crippen molar-refractivity contribution in [1.29, 1.82) is 0 Å². The van der Waals surface area contributed by atoms with Gasteiger partial charge in [0.05, 0.1) is 12.3 Å². The van der Waals surface area contributed by atoms with Gasteiger partial charge in [-0.25, -0.2) is 4.99 Å². The molecule has 2 amide bonds. The second kappa shape index (κ2) is 5.67. The zero-order chi connectivity index (χ0) is 15.7. The van der Waals surface area contributed by atoms with Crippen LogP contribution in [0.3, 0.4) is 0 Å². The number of fused-ring (bicyclic) bond motifs is 2. The van der Waals surface area contributed by atoms with Crippen LogP contribution in [0.25, 0.3) is 0 Å². The molecule has 1 aromatic rings. The molecule has 0 radical (unpaired) electrons. The number of nitrogens with one attached hydrogen (secondary N) is 1. The Bertz CT molecular complexity index is 656. The van der Waals surface area contributed by atoms with E-state index in [0.717, 1.165) is 17.0 Å². The average molecular weight is 302 g/mol. The number of hydrogen-bond acceptors (Lipinski definition) is 5. The number of hydrogen-bond donors (Lipinski definition) is 2. The third-order valence-electron chi connectivity index (χ3n) is 3.83. The van der Waals surface area contributed by atoms with Crippen molar-refractivity contribution in [1.82, 2.24) is 10.2 Å². The highest BCUT2D eigenvalue weighted by Crippen LogP contribution is 2.30. The molecular formula is C15H18N4O3. The van der Waals surface area contributed by atoms with Crippen molar-refractivity contribution < 1.29 is 14.3 Å². The van der Waals surface area contributed by atoms with Crippen LogP contribution in [-0.4, -0.2) is 35.8 Å². The Labute approximate surface area is 128 Å². The maximum atomic E-state index is 11.4. The summed E-state index contributed by atoms with van der Waals surface area (Å²) in [5.74, 6) is 0.783. The van der Waals surface area contributed by atoms with Gasteiger partial charge in [-0.1, -0.05) is 6.92 Å². The summed E-state index contributed by atoms with van der Waals surface area (Å²) < 4.78 is 5.67. The molecule has 0 aliphatic carbocycles. The number of guanidine groups is 1. The van der Waals surface area contributed by atoms with Gasteiger partial charge in [0.15, 0.2) is 0 Å². The van der Waals surface area contributed by atoms with Crippen LogP contribution in [0, 0.1) is 5.92 Å². The van der Waals surface area contributed by atoms with E-state index in [0.29, 0.717) is 32.1 Å². The number of amides is 2. The molecule has 2 aliphatic rings. The van der Waals surface area contributed by atoms with Crippen LogP contribution in [-0.2, 0) is 16.1 Å². The van der Waals surface area contributed by atoms with E-state index < -0.39 is 0 Å². The zero-order valence-electron chi connectivity index (χ0n) is 12.3. The van der Waals surface area contributed by atoms with Crippen molar-refractivity contribution >= 4 is 23.5 Å².